The lowest BCUT2D eigenvalue weighted by Crippen LogP contribution is -2.22. The van der Waals surface area contributed by atoms with E-state index in [9.17, 15) is 0 Å². The Labute approximate surface area is 185 Å². The van der Waals surface area contributed by atoms with Crippen LogP contribution in [-0.4, -0.2) is 44.1 Å². The highest BCUT2D eigenvalue weighted by Gasteiger charge is 2.18. The first-order chi connectivity index (χ1) is 14.7. The summed E-state index contributed by atoms with van der Waals surface area (Å²) in [5.74, 6) is 0.816. The molecule has 0 unspecified atom stereocenters. The third-order valence-electron chi connectivity index (χ3n) is 5.37. The SMILES string of the molecule is CCOCCOCCOc1ccc(-c2c(NC3CCCCC3)cnc(C)c2Cl)cc1. The zero-order valence-electron chi connectivity index (χ0n) is 18.1. The van der Waals surface area contributed by atoms with Crippen molar-refractivity contribution in [3.8, 4) is 16.9 Å². The van der Waals surface area contributed by atoms with Crippen molar-refractivity contribution in [3.63, 3.8) is 0 Å². The largest absolute Gasteiger partial charge is 0.491 e. The summed E-state index contributed by atoms with van der Waals surface area (Å²) < 4.78 is 16.5. The molecule has 1 aliphatic rings. The fraction of sp³-hybridized carbons (Fsp3) is 0.542. The lowest BCUT2D eigenvalue weighted by Gasteiger charge is -2.25. The zero-order valence-corrected chi connectivity index (χ0v) is 18.8. The Kier molecular flexibility index (Phi) is 9.25. The molecule has 1 aliphatic carbocycles. The Balaban J connectivity index is 1.62. The highest BCUT2D eigenvalue weighted by atomic mass is 35.5. The van der Waals surface area contributed by atoms with Gasteiger partial charge in [-0.15, -0.1) is 0 Å². The van der Waals surface area contributed by atoms with Gasteiger partial charge in [0, 0.05) is 18.2 Å². The number of rotatable bonds is 11. The van der Waals surface area contributed by atoms with E-state index in [2.05, 4.69) is 22.4 Å². The molecule has 1 aromatic heterocycles. The van der Waals surface area contributed by atoms with E-state index >= 15 is 0 Å². The minimum Gasteiger partial charge on any atom is -0.491 e. The minimum absolute atomic E-state index is 0.489. The maximum absolute atomic E-state index is 6.68. The van der Waals surface area contributed by atoms with Crippen LogP contribution < -0.4 is 10.1 Å². The summed E-state index contributed by atoms with van der Waals surface area (Å²) in [6.07, 6.45) is 8.20. The third-order valence-corrected chi connectivity index (χ3v) is 5.84. The predicted octanol–water partition coefficient (Wildman–Crippen LogP) is 5.89. The van der Waals surface area contributed by atoms with Gasteiger partial charge < -0.3 is 19.5 Å². The van der Waals surface area contributed by atoms with Crippen molar-refractivity contribution in [3.05, 3.63) is 41.2 Å². The number of nitrogens with zero attached hydrogens (tertiary/aromatic N) is 1. The van der Waals surface area contributed by atoms with Gasteiger partial charge in [0.2, 0.25) is 0 Å². The average molecular weight is 433 g/mol. The molecule has 0 spiro atoms. The molecule has 1 N–H and O–H groups in total. The van der Waals surface area contributed by atoms with Crippen LogP contribution in [0.1, 0.15) is 44.7 Å². The minimum atomic E-state index is 0.489. The van der Waals surface area contributed by atoms with Gasteiger partial charge in [0.1, 0.15) is 12.4 Å². The lowest BCUT2D eigenvalue weighted by atomic mass is 9.94. The number of aryl methyl sites for hydroxylation is 1. The molecule has 0 saturated heterocycles. The molecule has 30 heavy (non-hydrogen) atoms. The van der Waals surface area contributed by atoms with Crippen molar-refractivity contribution in [1.82, 2.24) is 4.98 Å². The smallest absolute Gasteiger partial charge is 0.119 e. The van der Waals surface area contributed by atoms with Gasteiger partial charge in [-0.3, -0.25) is 4.98 Å². The first kappa shape index (κ1) is 22.9. The predicted molar refractivity (Wildman–Crippen MR) is 123 cm³/mol. The van der Waals surface area contributed by atoms with Gasteiger partial charge >= 0.3 is 0 Å². The molecule has 164 valence electrons. The van der Waals surface area contributed by atoms with Crippen LogP contribution in [-0.2, 0) is 9.47 Å². The van der Waals surface area contributed by atoms with Crippen molar-refractivity contribution < 1.29 is 14.2 Å². The van der Waals surface area contributed by atoms with E-state index in [1.54, 1.807) is 0 Å². The maximum atomic E-state index is 6.68. The summed E-state index contributed by atoms with van der Waals surface area (Å²) >= 11 is 6.68. The van der Waals surface area contributed by atoms with Gasteiger partial charge in [-0.25, -0.2) is 0 Å². The molecule has 1 aromatic carbocycles. The molecule has 1 heterocycles. The number of hydrogen-bond donors (Lipinski definition) is 1. The Morgan fingerprint density at radius 3 is 2.43 bits per heavy atom. The van der Waals surface area contributed by atoms with Crippen molar-refractivity contribution in [2.75, 3.05) is 38.4 Å². The van der Waals surface area contributed by atoms with E-state index in [-0.39, 0.29) is 0 Å². The fourth-order valence-electron chi connectivity index (χ4n) is 3.74. The molecule has 1 fully saturated rings. The van der Waals surface area contributed by atoms with Crippen LogP contribution in [0, 0.1) is 6.92 Å². The fourth-order valence-corrected chi connectivity index (χ4v) is 4.00. The van der Waals surface area contributed by atoms with Crippen LogP contribution in [0.5, 0.6) is 5.75 Å². The molecule has 1 saturated carbocycles. The normalized spacial score (nSPS) is 14.6. The summed E-state index contributed by atoms with van der Waals surface area (Å²) in [6.45, 7) is 6.89. The number of anilines is 1. The average Bonchev–Trinajstić information content (AvgIpc) is 2.77. The zero-order chi connectivity index (χ0) is 21.2. The Morgan fingerprint density at radius 2 is 1.70 bits per heavy atom. The first-order valence-corrected chi connectivity index (χ1v) is 11.4. The van der Waals surface area contributed by atoms with Crippen molar-refractivity contribution in [2.45, 2.75) is 52.0 Å². The highest BCUT2D eigenvalue weighted by Crippen LogP contribution is 2.38. The van der Waals surface area contributed by atoms with E-state index < -0.39 is 0 Å². The van der Waals surface area contributed by atoms with Crippen LogP contribution in [0.2, 0.25) is 5.02 Å². The maximum Gasteiger partial charge on any atom is 0.119 e. The van der Waals surface area contributed by atoms with Gasteiger partial charge in [0.15, 0.2) is 0 Å². The lowest BCUT2D eigenvalue weighted by molar-refractivity contribution is 0.0405. The van der Waals surface area contributed by atoms with Gasteiger partial charge in [-0.2, -0.15) is 0 Å². The van der Waals surface area contributed by atoms with Crippen LogP contribution >= 0.6 is 11.6 Å². The summed E-state index contributed by atoms with van der Waals surface area (Å²) in [5.41, 5.74) is 3.92. The van der Waals surface area contributed by atoms with Gasteiger partial charge in [-0.1, -0.05) is 43.0 Å². The first-order valence-electron chi connectivity index (χ1n) is 11.0. The summed E-state index contributed by atoms with van der Waals surface area (Å²) in [4.78, 5) is 4.48. The molecular weight excluding hydrogens is 400 g/mol. The summed E-state index contributed by atoms with van der Waals surface area (Å²) in [7, 11) is 0. The molecule has 0 amide bonds. The monoisotopic (exact) mass is 432 g/mol. The van der Waals surface area contributed by atoms with Gasteiger partial charge in [-0.05, 0) is 44.4 Å². The second-order valence-corrected chi connectivity index (χ2v) is 7.99. The van der Waals surface area contributed by atoms with E-state index in [1.165, 1.54) is 32.1 Å². The third kappa shape index (κ3) is 6.59. The molecule has 0 aliphatic heterocycles. The van der Waals surface area contributed by atoms with E-state index in [0.29, 0.717) is 44.1 Å². The van der Waals surface area contributed by atoms with Crippen molar-refractivity contribution >= 4 is 17.3 Å². The Hall–Kier alpha value is -1.82. The molecule has 2 aromatic rings. The van der Waals surface area contributed by atoms with Crippen molar-refractivity contribution in [1.29, 1.82) is 0 Å². The number of aromatic nitrogens is 1. The van der Waals surface area contributed by atoms with Crippen LogP contribution in [0.3, 0.4) is 0 Å². The standard InChI is InChI=1S/C24H33ClN2O3/c1-3-28-13-14-29-15-16-30-21-11-9-19(10-12-21)23-22(17-26-18(2)24(23)25)27-20-7-5-4-6-8-20/h9-12,17,20,27H,3-8,13-16H2,1-2H3. The Morgan fingerprint density at radius 1 is 1.00 bits per heavy atom. The number of ether oxygens (including phenoxy) is 3. The second kappa shape index (κ2) is 12.1. The molecule has 5 nitrogen and oxygen atoms in total. The number of pyridine rings is 1. The van der Waals surface area contributed by atoms with E-state index in [1.807, 2.05) is 32.2 Å². The molecule has 3 rings (SSSR count). The Bertz CT molecular complexity index is 777. The van der Waals surface area contributed by atoms with Crippen LogP contribution in [0.25, 0.3) is 11.1 Å². The number of halogens is 1. The molecule has 0 radical (unpaired) electrons. The number of nitrogens with one attached hydrogen (secondary N) is 1. The van der Waals surface area contributed by atoms with Crippen LogP contribution in [0.15, 0.2) is 30.5 Å². The summed E-state index contributed by atoms with van der Waals surface area (Å²) in [6, 6.07) is 8.55. The topological polar surface area (TPSA) is 52.6 Å². The highest BCUT2D eigenvalue weighted by molar-refractivity contribution is 6.34. The summed E-state index contributed by atoms with van der Waals surface area (Å²) in [5, 5.41) is 4.39. The van der Waals surface area contributed by atoms with Gasteiger partial charge in [0.25, 0.3) is 0 Å². The number of benzene rings is 1. The number of hydrogen-bond acceptors (Lipinski definition) is 5. The van der Waals surface area contributed by atoms with Gasteiger partial charge in [0.05, 0.1) is 42.4 Å². The van der Waals surface area contributed by atoms with Crippen molar-refractivity contribution in [2.24, 2.45) is 0 Å². The molecular formula is C24H33ClN2O3. The molecule has 0 atom stereocenters. The van der Waals surface area contributed by atoms with Crippen LogP contribution in [0.4, 0.5) is 5.69 Å². The molecule has 0 bridgehead atoms. The second-order valence-electron chi connectivity index (χ2n) is 7.61. The van der Waals surface area contributed by atoms with E-state index in [4.69, 9.17) is 25.8 Å². The van der Waals surface area contributed by atoms with E-state index in [0.717, 1.165) is 28.3 Å². The quantitative estimate of drug-likeness (QED) is 0.449. The molecule has 6 heteroatoms.